The van der Waals surface area contributed by atoms with Crippen LogP contribution in [0.5, 0.6) is 0 Å². The second kappa shape index (κ2) is 4.75. The normalized spacial score (nSPS) is 12.1. The third kappa shape index (κ3) is 4.65. The Morgan fingerprint density at radius 3 is 2.33 bits per heavy atom. The van der Waals surface area contributed by atoms with E-state index >= 15 is 0 Å². The zero-order valence-electron chi connectivity index (χ0n) is 8.26. The molecule has 0 aromatic carbocycles. The van der Waals surface area contributed by atoms with E-state index in [2.05, 4.69) is 13.8 Å². The molecule has 3 heteroatoms. The van der Waals surface area contributed by atoms with Gasteiger partial charge in [-0.15, -0.1) is 0 Å². The lowest BCUT2D eigenvalue weighted by atomic mass is 9.97. The van der Waals surface area contributed by atoms with Gasteiger partial charge in [-0.3, -0.25) is 4.79 Å². The highest BCUT2D eigenvalue weighted by molar-refractivity contribution is 7.99. The standard InChI is InChI=1S/C9H18O2S/c1-7(2)5-12-6-9(3,4)8(10)11/h7H,5-6H2,1-4H3,(H,10,11). The van der Waals surface area contributed by atoms with E-state index in [0.29, 0.717) is 11.7 Å². The van der Waals surface area contributed by atoms with E-state index in [1.54, 1.807) is 25.6 Å². The summed E-state index contributed by atoms with van der Waals surface area (Å²) in [6.45, 7) is 7.81. The third-order valence-corrected chi connectivity index (χ3v) is 3.32. The quantitative estimate of drug-likeness (QED) is 0.723. The first-order valence-electron chi connectivity index (χ1n) is 4.17. The van der Waals surface area contributed by atoms with Crippen LogP contribution in [0.2, 0.25) is 0 Å². The summed E-state index contributed by atoms with van der Waals surface area (Å²) in [6.07, 6.45) is 0. The zero-order valence-corrected chi connectivity index (χ0v) is 9.07. The van der Waals surface area contributed by atoms with Crippen molar-refractivity contribution in [3.8, 4) is 0 Å². The molecule has 0 atom stereocenters. The average molecular weight is 190 g/mol. The maximum atomic E-state index is 10.7. The number of hydrogen-bond acceptors (Lipinski definition) is 2. The summed E-state index contributed by atoms with van der Waals surface area (Å²) in [6, 6.07) is 0. The molecule has 0 aromatic heterocycles. The third-order valence-electron chi connectivity index (χ3n) is 1.49. The van der Waals surface area contributed by atoms with Gasteiger partial charge in [0.25, 0.3) is 0 Å². The number of rotatable bonds is 5. The van der Waals surface area contributed by atoms with Crippen molar-refractivity contribution in [3.63, 3.8) is 0 Å². The van der Waals surface area contributed by atoms with Crippen molar-refractivity contribution < 1.29 is 9.90 Å². The summed E-state index contributed by atoms with van der Waals surface area (Å²) in [5.41, 5.74) is -0.584. The minimum absolute atomic E-state index is 0.584. The lowest BCUT2D eigenvalue weighted by Crippen LogP contribution is -2.26. The molecule has 12 heavy (non-hydrogen) atoms. The van der Waals surface area contributed by atoms with Crippen molar-refractivity contribution in [3.05, 3.63) is 0 Å². The molecule has 0 saturated heterocycles. The molecule has 0 unspecified atom stereocenters. The van der Waals surface area contributed by atoms with Crippen LogP contribution in [0.3, 0.4) is 0 Å². The second-order valence-corrected chi connectivity index (χ2v) is 5.13. The first-order chi connectivity index (χ1) is 5.36. The van der Waals surface area contributed by atoms with Crippen LogP contribution in [0, 0.1) is 11.3 Å². The molecule has 0 aromatic rings. The van der Waals surface area contributed by atoms with Crippen molar-refractivity contribution in [2.24, 2.45) is 11.3 Å². The van der Waals surface area contributed by atoms with E-state index in [0.717, 1.165) is 5.75 Å². The molecule has 0 radical (unpaired) electrons. The Morgan fingerprint density at radius 2 is 2.00 bits per heavy atom. The molecule has 0 bridgehead atoms. The lowest BCUT2D eigenvalue weighted by Gasteiger charge is -2.18. The van der Waals surface area contributed by atoms with E-state index in [1.807, 2.05) is 0 Å². The van der Waals surface area contributed by atoms with Crippen LogP contribution in [-0.2, 0) is 4.79 Å². The van der Waals surface area contributed by atoms with Gasteiger partial charge in [-0.1, -0.05) is 13.8 Å². The molecule has 2 nitrogen and oxygen atoms in total. The largest absolute Gasteiger partial charge is 0.481 e. The summed E-state index contributed by atoms with van der Waals surface area (Å²) in [5, 5.41) is 8.79. The molecule has 0 aliphatic carbocycles. The number of aliphatic carboxylic acids is 1. The fourth-order valence-electron chi connectivity index (χ4n) is 0.612. The van der Waals surface area contributed by atoms with Crippen LogP contribution in [-0.4, -0.2) is 22.6 Å². The summed E-state index contributed by atoms with van der Waals surface area (Å²) >= 11 is 1.72. The molecule has 72 valence electrons. The fraction of sp³-hybridized carbons (Fsp3) is 0.889. The molecule has 0 saturated carbocycles. The Bertz CT molecular complexity index is 153. The van der Waals surface area contributed by atoms with Gasteiger partial charge < -0.3 is 5.11 Å². The molecule has 0 rings (SSSR count). The maximum Gasteiger partial charge on any atom is 0.309 e. The minimum Gasteiger partial charge on any atom is -0.481 e. The van der Waals surface area contributed by atoms with Crippen molar-refractivity contribution in [2.45, 2.75) is 27.7 Å². The molecule has 0 aliphatic heterocycles. The van der Waals surface area contributed by atoms with Crippen LogP contribution in [0.4, 0.5) is 0 Å². The fourth-order valence-corrected chi connectivity index (χ4v) is 1.83. The topological polar surface area (TPSA) is 37.3 Å². The van der Waals surface area contributed by atoms with Gasteiger partial charge in [-0.2, -0.15) is 11.8 Å². The summed E-state index contributed by atoms with van der Waals surface area (Å²) in [4.78, 5) is 10.7. The van der Waals surface area contributed by atoms with E-state index in [4.69, 9.17) is 5.11 Å². The van der Waals surface area contributed by atoms with E-state index < -0.39 is 11.4 Å². The predicted molar refractivity (Wildman–Crippen MR) is 53.6 cm³/mol. The van der Waals surface area contributed by atoms with Gasteiger partial charge in [0.15, 0.2) is 0 Å². The van der Waals surface area contributed by atoms with Crippen molar-refractivity contribution in [1.82, 2.24) is 0 Å². The molecule has 0 spiro atoms. The van der Waals surface area contributed by atoms with Gasteiger partial charge in [-0.25, -0.2) is 0 Å². The van der Waals surface area contributed by atoms with E-state index in [9.17, 15) is 4.79 Å². The highest BCUT2D eigenvalue weighted by Crippen LogP contribution is 2.23. The Hall–Kier alpha value is -0.180. The van der Waals surface area contributed by atoms with Crippen LogP contribution in [0.25, 0.3) is 0 Å². The van der Waals surface area contributed by atoms with Crippen molar-refractivity contribution in [1.29, 1.82) is 0 Å². The van der Waals surface area contributed by atoms with E-state index in [1.165, 1.54) is 0 Å². The van der Waals surface area contributed by atoms with Gasteiger partial charge in [-0.05, 0) is 25.5 Å². The Kier molecular flexibility index (Phi) is 4.68. The number of thioether (sulfide) groups is 1. The number of carboxylic acids is 1. The Morgan fingerprint density at radius 1 is 1.50 bits per heavy atom. The SMILES string of the molecule is CC(C)CSCC(C)(C)C(=O)O. The average Bonchev–Trinajstić information content (AvgIpc) is 1.85. The van der Waals surface area contributed by atoms with Crippen LogP contribution >= 0.6 is 11.8 Å². The molecule has 0 amide bonds. The summed E-state index contributed by atoms with van der Waals surface area (Å²) in [5.74, 6) is 1.66. The van der Waals surface area contributed by atoms with Gasteiger partial charge in [0.1, 0.15) is 0 Å². The summed E-state index contributed by atoms with van der Waals surface area (Å²) in [7, 11) is 0. The monoisotopic (exact) mass is 190 g/mol. The van der Waals surface area contributed by atoms with Crippen LogP contribution in [0.15, 0.2) is 0 Å². The first kappa shape index (κ1) is 11.8. The molecule has 0 fully saturated rings. The number of carboxylic acid groups (broad SMARTS) is 1. The lowest BCUT2D eigenvalue weighted by molar-refractivity contribution is -0.145. The van der Waals surface area contributed by atoms with Crippen molar-refractivity contribution >= 4 is 17.7 Å². The number of hydrogen-bond donors (Lipinski definition) is 1. The minimum atomic E-state index is -0.709. The van der Waals surface area contributed by atoms with Crippen LogP contribution in [0.1, 0.15) is 27.7 Å². The molecular formula is C9H18O2S. The zero-order chi connectivity index (χ0) is 9.78. The van der Waals surface area contributed by atoms with Gasteiger partial charge in [0, 0.05) is 5.75 Å². The summed E-state index contributed by atoms with van der Waals surface area (Å²) < 4.78 is 0. The Balaban J connectivity index is 3.69. The second-order valence-electron chi connectivity index (χ2n) is 4.10. The van der Waals surface area contributed by atoms with E-state index in [-0.39, 0.29) is 0 Å². The highest BCUT2D eigenvalue weighted by atomic mass is 32.2. The van der Waals surface area contributed by atoms with Gasteiger partial charge >= 0.3 is 5.97 Å². The van der Waals surface area contributed by atoms with Gasteiger partial charge in [0.05, 0.1) is 5.41 Å². The molecule has 0 heterocycles. The molecule has 0 aliphatic rings. The highest BCUT2D eigenvalue weighted by Gasteiger charge is 2.26. The van der Waals surface area contributed by atoms with Gasteiger partial charge in [0.2, 0.25) is 0 Å². The molecule has 1 N–H and O–H groups in total. The predicted octanol–water partition coefficient (Wildman–Crippen LogP) is 2.49. The number of carbonyl (C=O) groups is 1. The Labute approximate surface area is 78.7 Å². The van der Waals surface area contributed by atoms with Crippen LogP contribution < -0.4 is 0 Å². The maximum absolute atomic E-state index is 10.7. The first-order valence-corrected chi connectivity index (χ1v) is 5.33. The molecular weight excluding hydrogens is 172 g/mol. The smallest absolute Gasteiger partial charge is 0.309 e. The van der Waals surface area contributed by atoms with Crippen molar-refractivity contribution in [2.75, 3.05) is 11.5 Å².